The minimum absolute atomic E-state index is 0.127. The van der Waals surface area contributed by atoms with Gasteiger partial charge in [0.25, 0.3) is 0 Å². The first-order chi connectivity index (χ1) is 8.69. The second-order valence-corrected chi connectivity index (χ2v) is 6.01. The highest BCUT2D eigenvalue weighted by Gasteiger charge is 2.13. The molecule has 0 aliphatic carbocycles. The van der Waals surface area contributed by atoms with E-state index in [1.807, 2.05) is 20.8 Å². The summed E-state index contributed by atoms with van der Waals surface area (Å²) >= 11 is 3.27. The van der Waals surface area contributed by atoms with Crippen LogP contribution in [0.25, 0.3) is 0 Å². The third kappa shape index (κ3) is 5.40. The smallest absolute Gasteiger partial charge is 0.335 e. The number of amides is 1. The van der Waals surface area contributed by atoms with Gasteiger partial charge in [-0.15, -0.1) is 0 Å². The maximum Gasteiger partial charge on any atom is 0.335 e. The van der Waals surface area contributed by atoms with Crippen molar-refractivity contribution in [3.05, 3.63) is 28.2 Å². The van der Waals surface area contributed by atoms with Gasteiger partial charge in [-0.05, 0) is 54.9 Å². The Bertz CT molecular complexity index is 495. The van der Waals surface area contributed by atoms with E-state index in [1.165, 1.54) is 12.1 Å². The Kier molecular flexibility index (Phi) is 5.08. The van der Waals surface area contributed by atoms with E-state index in [0.29, 0.717) is 10.2 Å². The Labute approximate surface area is 120 Å². The number of halogens is 1. The van der Waals surface area contributed by atoms with Crippen LogP contribution in [0.5, 0.6) is 0 Å². The molecule has 1 rings (SSSR count). The molecule has 3 N–H and O–H groups in total. The van der Waals surface area contributed by atoms with E-state index in [4.69, 9.17) is 5.11 Å². The van der Waals surface area contributed by atoms with Gasteiger partial charge in [0.2, 0.25) is 5.91 Å². The van der Waals surface area contributed by atoms with Crippen molar-refractivity contribution in [3.8, 4) is 0 Å². The van der Waals surface area contributed by atoms with Crippen molar-refractivity contribution in [2.75, 3.05) is 11.9 Å². The Hall–Kier alpha value is -1.40. The number of carboxylic acids is 1. The molecular weight excluding hydrogens is 312 g/mol. The summed E-state index contributed by atoms with van der Waals surface area (Å²) in [6.07, 6.45) is 0. The van der Waals surface area contributed by atoms with Crippen molar-refractivity contribution in [1.29, 1.82) is 0 Å². The standard InChI is InChI=1S/C13H17BrN2O3/c1-13(2,3)15-7-11(17)16-10-6-8(12(18)19)4-5-9(10)14/h4-6,15H,7H2,1-3H3,(H,16,17)(H,18,19). The summed E-state index contributed by atoms with van der Waals surface area (Å²) in [6.45, 7) is 6.04. The molecule has 5 nitrogen and oxygen atoms in total. The lowest BCUT2D eigenvalue weighted by Gasteiger charge is -2.20. The summed E-state index contributed by atoms with van der Waals surface area (Å²) in [5.74, 6) is -1.26. The summed E-state index contributed by atoms with van der Waals surface area (Å²) in [5.41, 5.74) is 0.417. The van der Waals surface area contributed by atoms with Crippen molar-refractivity contribution >= 4 is 33.5 Å². The van der Waals surface area contributed by atoms with Gasteiger partial charge in [0.15, 0.2) is 0 Å². The number of aromatic carboxylic acids is 1. The first-order valence-electron chi connectivity index (χ1n) is 5.77. The van der Waals surface area contributed by atoms with Crippen LogP contribution in [0, 0.1) is 0 Å². The third-order valence-corrected chi connectivity index (χ3v) is 2.96. The van der Waals surface area contributed by atoms with Gasteiger partial charge < -0.3 is 15.7 Å². The summed E-state index contributed by atoms with van der Waals surface area (Å²) in [5, 5.41) is 14.6. The number of nitrogens with one attached hydrogen (secondary N) is 2. The molecule has 0 saturated carbocycles. The molecule has 104 valence electrons. The number of anilines is 1. The molecule has 0 saturated heterocycles. The van der Waals surface area contributed by atoms with Crippen molar-refractivity contribution in [2.45, 2.75) is 26.3 Å². The van der Waals surface area contributed by atoms with E-state index in [9.17, 15) is 9.59 Å². The topological polar surface area (TPSA) is 78.4 Å². The second-order valence-electron chi connectivity index (χ2n) is 5.15. The van der Waals surface area contributed by atoms with Gasteiger partial charge in [0, 0.05) is 10.0 Å². The molecule has 0 bridgehead atoms. The molecule has 0 spiro atoms. The van der Waals surface area contributed by atoms with Gasteiger partial charge in [-0.1, -0.05) is 0 Å². The van der Waals surface area contributed by atoms with Crippen LogP contribution in [0.15, 0.2) is 22.7 Å². The highest BCUT2D eigenvalue weighted by molar-refractivity contribution is 9.10. The molecule has 0 unspecified atom stereocenters. The largest absolute Gasteiger partial charge is 0.478 e. The molecule has 1 aromatic rings. The fourth-order valence-electron chi connectivity index (χ4n) is 1.29. The van der Waals surface area contributed by atoms with Gasteiger partial charge in [0.05, 0.1) is 17.8 Å². The summed E-state index contributed by atoms with van der Waals surface area (Å²) in [7, 11) is 0. The van der Waals surface area contributed by atoms with Crippen LogP contribution in [-0.4, -0.2) is 29.1 Å². The van der Waals surface area contributed by atoms with E-state index >= 15 is 0 Å². The van der Waals surface area contributed by atoms with Crippen molar-refractivity contribution in [2.24, 2.45) is 0 Å². The average molecular weight is 329 g/mol. The summed E-state index contributed by atoms with van der Waals surface area (Å²) in [4.78, 5) is 22.6. The first kappa shape index (κ1) is 15.7. The predicted molar refractivity (Wildman–Crippen MR) is 77.5 cm³/mol. The minimum atomic E-state index is -1.03. The molecule has 0 atom stereocenters. The first-order valence-corrected chi connectivity index (χ1v) is 6.56. The van der Waals surface area contributed by atoms with Gasteiger partial charge >= 0.3 is 5.97 Å². The molecule has 1 aromatic carbocycles. The van der Waals surface area contributed by atoms with Crippen molar-refractivity contribution < 1.29 is 14.7 Å². The number of hydrogen-bond acceptors (Lipinski definition) is 3. The number of carboxylic acid groups (broad SMARTS) is 1. The number of hydrogen-bond donors (Lipinski definition) is 3. The predicted octanol–water partition coefficient (Wildman–Crippen LogP) is 2.47. The molecule has 0 aromatic heterocycles. The Morgan fingerprint density at radius 3 is 2.47 bits per heavy atom. The quantitative estimate of drug-likeness (QED) is 0.793. The molecule has 0 heterocycles. The van der Waals surface area contributed by atoms with E-state index < -0.39 is 5.97 Å². The van der Waals surface area contributed by atoms with Crippen LogP contribution in [0.1, 0.15) is 31.1 Å². The van der Waals surface area contributed by atoms with E-state index in [2.05, 4.69) is 26.6 Å². The maximum absolute atomic E-state index is 11.8. The molecule has 6 heteroatoms. The highest BCUT2D eigenvalue weighted by atomic mass is 79.9. The summed E-state index contributed by atoms with van der Waals surface area (Å²) in [6, 6.07) is 4.48. The molecular formula is C13H17BrN2O3. The second kappa shape index (κ2) is 6.16. The molecule has 1 amide bonds. The molecule has 19 heavy (non-hydrogen) atoms. The highest BCUT2D eigenvalue weighted by Crippen LogP contribution is 2.23. The zero-order valence-electron chi connectivity index (χ0n) is 11.1. The fourth-order valence-corrected chi connectivity index (χ4v) is 1.64. The van der Waals surface area contributed by atoms with E-state index in [1.54, 1.807) is 6.07 Å². The van der Waals surface area contributed by atoms with E-state index in [0.717, 1.165) is 0 Å². The zero-order chi connectivity index (χ0) is 14.6. The molecule has 0 radical (unpaired) electrons. The fraction of sp³-hybridized carbons (Fsp3) is 0.385. The van der Waals surface area contributed by atoms with Crippen LogP contribution < -0.4 is 10.6 Å². The van der Waals surface area contributed by atoms with Gasteiger partial charge in [-0.25, -0.2) is 4.79 Å². The van der Waals surface area contributed by atoms with Gasteiger partial charge in [0.1, 0.15) is 0 Å². The molecule has 0 aliphatic heterocycles. The van der Waals surface area contributed by atoms with Crippen LogP contribution in [0.4, 0.5) is 5.69 Å². The lowest BCUT2D eigenvalue weighted by Crippen LogP contribution is -2.41. The number of benzene rings is 1. The van der Waals surface area contributed by atoms with Crippen LogP contribution in [-0.2, 0) is 4.79 Å². The number of rotatable bonds is 4. The Morgan fingerprint density at radius 2 is 1.95 bits per heavy atom. The lowest BCUT2D eigenvalue weighted by atomic mass is 10.1. The van der Waals surface area contributed by atoms with Crippen LogP contribution in [0.2, 0.25) is 0 Å². The van der Waals surface area contributed by atoms with Crippen LogP contribution in [0.3, 0.4) is 0 Å². The average Bonchev–Trinajstić information content (AvgIpc) is 2.28. The van der Waals surface area contributed by atoms with Crippen molar-refractivity contribution in [3.63, 3.8) is 0 Å². The van der Waals surface area contributed by atoms with Gasteiger partial charge in [-0.3, -0.25) is 4.79 Å². The number of carbonyl (C=O) groups is 2. The maximum atomic E-state index is 11.8. The lowest BCUT2D eigenvalue weighted by molar-refractivity contribution is -0.115. The monoisotopic (exact) mass is 328 g/mol. The SMILES string of the molecule is CC(C)(C)NCC(=O)Nc1cc(C(=O)O)ccc1Br. The Balaban J connectivity index is 2.73. The minimum Gasteiger partial charge on any atom is -0.478 e. The normalized spacial score (nSPS) is 11.2. The van der Waals surface area contributed by atoms with Gasteiger partial charge in [-0.2, -0.15) is 0 Å². The Morgan fingerprint density at radius 1 is 1.32 bits per heavy atom. The third-order valence-electron chi connectivity index (χ3n) is 2.27. The molecule has 0 fully saturated rings. The molecule has 0 aliphatic rings. The van der Waals surface area contributed by atoms with E-state index in [-0.39, 0.29) is 23.6 Å². The van der Waals surface area contributed by atoms with Crippen molar-refractivity contribution in [1.82, 2.24) is 5.32 Å². The van der Waals surface area contributed by atoms with Crippen LogP contribution >= 0.6 is 15.9 Å². The summed E-state index contributed by atoms with van der Waals surface area (Å²) < 4.78 is 0.640. The number of carbonyl (C=O) groups excluding carboxylic acids is 1. The zero-order valence-corrected chi connectivity index (χ0v) is 12.7.